The highest BCUT2D eigenvalue weighted by Gasteiger charge is 2.47. The fourth-order valence-electron chi connectivity index (χ4n) is 2.10. The van der Waals surface area contributed by atoms with Crippen molar-refractivity contribution in [1.29, 1.82) is 0 Å². The third-order valence-corrected chi connectivity index (χ3v) is 5.03. The van der Waals surface area contributed by atoms with E-state index in [0.29, 0.717) is 11.6 Å². The summed E-state index contributed by atoms with van der Waals surface area (Å²) in [6.45, 7) is 2.15. The van der Waals surface area contributed by atoms with Gasteiger partial charge >= 0.3 is 5.51 Å². The molecule has 0 aliphatic rings. The molecule has 0 atom stereocenters. The van der Waals surface area contributed by atoms with Crippen LogP contribution in [-0.2, 0) is 9.84 Å². The van der Waals surface area contributed by atoms with Gasteiger partial charge in [-0.15, -0.1) is 0 Å². The molecule has 140 valence electrons. The van der Waals surface area contributed by atoms with E-state index in [1.807, 2.05) is 0 Å². The first-order valence-electron chi connectivity index (χ1n) is 7.32. The van der Waals surface area contributed by atoms with Crippen LogP contribution in [0.2, 0.25) is 5.02 Å². The van der Waals surface area contributed by atoms with Gasteiger partial charge < -0.3 is 10.6 Å². The van der Waals surface area contributed by atoms with Crippen LogP contribution in [0.15, 0.2) is 47.4 Å². The Labute approximate surface area is 153 Å². The molecular formula is C16H14ClF3N2O3S. The minimum atomic E-state index is -5.54. The van der Waals surface area contributed by atoms with E-state index in [1.54, 1.807) is 13.0 Å². The van der Waals surface area contributed by atoms with Crippen molar-refractivity contribution >= 4 is 38.7 Å². The second kappa shape index (κ2) is 7.55. The molecule has 2 rings (SSSR count). The Hall–Kier alpha value is -2.26. The number of hydrogen-bond donors (Lipinski definition) is 2. The molecule has 0 unspecified atom stereocenters. The lowest BCUT2D eigenvalue weighted by Gasteiger charge is -2.15. The van der Waals surface area contributed by atoms with E-state index in [0.717, 1.165) is 18.2 Å². The number of carbonyl (C=O) groups is 1. The number of amides is 1. The first kappa shape index (κ1) is 20.1. The SMILES string of the molecule is CCNc1ccc(S(=O)(=O)C(F)(F)F)cc1NC(=O)c1cccc(Cl)c1. The number of halogens is 4. The summed E-state index contributed by atoms with van der Waals surface area (Å²) in [6, 6.07) is 8.69. The van der Waals surface area contributed by atoms with Gasteiger partial charge in [0.25, 0.3) is 15.7 Å². The Kier molecular flexibility index (Phi) is 5.82. The number of carbonyl (C=O) groups excluding carboxylic acids is 1. The van der Waals surface area contributed by atoms with Crippen LogP contribution in [0, 0.1) is 0 Å². The normalized spacial score (nSPS) is 11.9. The molecule has 0 fully saturated rings. The van der Waals surface area contributed by atoms with Crippen LogP contribution in [0.4, 0.5) is 24.5 Å². The Morgan fingerprint density at radius 2 is 1.81 bits per heavy atom. The first-order chi connectivity index (χ1) is 12.1. The third-order valence-electron chi connectivity index (χ3n) is 3.31. The molecule has 0 saturated carbocycles. The molecule has 2 N–H and O–H groups in total. The zero-order valence-corrected chi connectivity index (χ0v) is 15.0. The number of hydrogen-bond acceptors (Lipinski definition) is 4. The van der Waals surface area contributed by atoms with E-state index in [4.69, 9.17) is 11.6 Å². The van der Waals surface area contributed by atoms with Crippen molar-refractivity contribution in [3.63, 3.8) is 0 Å². The van der Waals surface area contributed by atoms with Crippen molar-refractivity contribution in [2.45, 2.75) is 17.3 Å². The maximum atomic E-state index is 12.8. The minimum Gasteiger partial charge on any atom is -0.384 e. The molecule has 0 radical (unpaired) electrons. The van der Waals surface area contributed by atoms with E-state index in [2.05, 4.69) is 10.6 Å². The molecule has 5 nitrogen and oxygen atoms in total. The molecule has 0 heterocycles. The van der Waals surface area contributed by atoms with Crippen LogP contribution in [0.5, 0.6) is 0 Å². The molecule has 0 spiro atoms. The summed E-state index contributed by atoms with van der Waals surface area (Å²) in [7, 11) is -5.54. The van der Waals surface area contributed by atoms with Gasteiger partial charge in [-0.05, 0) is 43.3 Å². The van der Waals surface area contributed by atoms with Gasteiger partial charge in [0, 0.05) is 17.1 Å². The molecule has 2 aromatic carbocycles. The lowest BCUT2D eigenvalue weighted by molar-refractivity contribution is -0.0436. The lowest BCUT2D eigenvalue weighted by atomic mass is 10.2. The zero-order valence-electron chi connectivity index (χ0n) is 13.4. The largest absolute Gasteiger partial charge is 0.501 e. The van der Waals surface area contributed by atoms with Crippen molar-refractivity contribution in [3.05, 3.63) is 53.1 Å². The number of nitrogens with one attached hydrogen (secondary N) is 2. The molecule has 0 aliphatic heterocycles. The highest BCUT2D eigenvalue weighted by molar-refractivity contribution is 7.92. The average molecular weight is 407 g/mol. The van der Waals surface area contributed by atoms with Gasteiger partial charge in [-0.2, -0.15) is 13.2 Å². The van der Waals surface area contributed by atoms with Gasteiger partial charge in [0.15, 0.2) is 0 Å². The third kappa shape index (κ3) is 4.28. The highest BCUT2D eigenvalue weighted by Crippen LogP contribution is 2.34. The summed E-state index contributed by atoms with van der Waals surface area (Å²) in [5.41, 5.74) is -5.09. The van der Waals surface area contributed by atoms with E-state index in [-0.39, 0.29) is 16.9 Å². The van der Waals surface area contributed by atoms with Crippen LogP contribution < -0.4 is 10.6 Å². The monoisotopic (exact) mass is 406 g/mol. The topological polar surface area (TPSA) is 75.3 Å². The van der Waals surface area contributed by atoms with E-state index in [1.165, 1.54) is 18.2 Å². The predicted molar refractivity (Wildman–Crippen MR) is 93.3 cm³/mol. The fraction of sp³-hybridized carbons (Fsp3) is 0.188. The Morgan fingerprint density at radius 3 is 2.38 bits per heavy atom. The van der Waals surface area contributed by atoms with Crippen molar-refractivity contribution in [1.82, 2.24) is 0 Å². The molecule has 26 heavy (non-hydrogen) atoms. The molecule has 2 aromatic rings. The van der Waals surface area contributed by atoms with Crippen LogP contribution in [0.25, 0.3) is 0 Å². The van der Waals surface area contributed by atoms with Crippen molar-refractivity contribution in [2.24, 2.45) is 0 Å². The average Bonchev–Trinajstić information content (AvgIpc) is 2.55. The molecule has 0 bridgehead atoms. The summed E-state index contributed by atoms with van der Waals surface area (Å²) in [5, 5.41) is 5.56. The summed E-state index contributed by atoms with van der Waals surface area (Å²) >= 11 is 5.81. The van der Waals surface area contributed by atoms with Crippen LogP contribution in [0.1, 0.15) is 17.3 Å². The van der Waals surface area contributed by atoms with Gasteiger partial charge in [0.2, 0.25) is 0 Å². The highest BCUT2D eigenvalue weighted by atomic mass is 35.5. The molecule has 10 heteroatoms. The van der Waals surface area contributed by atoms with Crippen molar-refractivity contribution in [3.8, 4) is 0 Å². The van der Waals surface area contributed by atoms with Crippen molar-refractivity contribution in [2.75, 3.05) is 17.2 Å². The van der Waals surface area contributed by atoms with E-state index < -0.39 is 26.1 Å². The van der Waals surface area contributed by atoms with Gasteiger partial charge in [0.1, 0.15) is 0 Å². The number of rotatable bonds is 5. The molecule has 0 saturated heterocycles. The van der Waals surface area contributed by atoms with Crippen molar-refractivity contribution < 1.29 is 26.4 Å². The summed E-state index contributed by atoms with van der Waals surface area (Å²) in [6.07, 6.45) is 0. The second-order valence-electron chi connectivity index (χ2n) is 5.15. The van der Waals surface area contributed by atoms with Gasteiger partial charge in [0.05, 0.1) is 16.3 Å². The van der Waals surface area contributed by atoms with Gasteiger partial charge in [-0.25, -0.2) is 8.42 Å². The second-order valence-corrected chi connectivity index (χ2v) is 7.53. The first-order valence-corrected chi connectivity index (χ1v) is 9.18. The minimum absolute atomic E-state index is 0.0952. The predicted octanol–water partition coefficient (Wildman–Crippen LogP) is 4.32. The van der Waals surface area contributed by atoms with Gasteiger partial charge in [-0.3, -0.25) is 4.79 Å². The van der Waals surface area contributed by atoms with E-state index >= 15 is 0 Å². The maximum absolute atomic E-state index is 12.8. The van der Waals surface area contributed by atoms with Crippen LogP contribution in [-0.4, -0.2) is 26.4 Å². The van der Waals surface area contributed by atoms with E-state index in [9.17, 15) is 26.4 Å². The molecule has 0 aromatic heterocycles. The molecule has 0 aliphatic carbocycles. The number of sulfone groups is 1. The smallest absolute Gasteiger partial charge is 0.384 e. The maximum Gasteiger partial charge on any atom is 0.501 e. The number of anilines is 2. The number of benzene rings is 2. The Balaban J connectivity index is 2.45. The summed E-state index contributed by atoms with van der Waals surface area (Å²) in [5.74, 6) is -0.645. The van der Waals surface area contributed by atoms with Crippen LogP contribution in [0.3, 0.4) is 0 Å². The standard InChI is InChI=1S/C16H14ClF3N2O3S/c1-2-21-13-7-6-12(26(24,25)16(18,19)20)9-14(13)22-15(23)10-4-3-5-11(17)8-10/h3-9,21H,2H2,1H3,(H,22,23). The lowest BCUT2D eigenvalue weighted by Crippen LogP contribution is -2.23. The zero-order chi connectivity index (χ0) is 19.5. The molecule has 1 amide bonds. The quantitative estimate of drug-likeness (QED) is 0.775. The number of alkyl halides is 3. The van der Waals surface area contributed by atoms with Gasteiger partial charge in [-0.1, -0.05) is 17.7 Å². The summed E-state index contributed by atoms with van der Waals surface area (Å²) in [4.78, 5) is 11.3. The summed E-state index contributed by atoms with van der Waals surface area (Å²) < 4.78 is 61.5. The van der Waals surface area contributed by atoms with Crippen LogP contribution >= 0.6 is 11.6 Å². The Bertz CT molecular complexity index is 931. The Morgan fingerprint density at radius 1 is 1.12 bits per heavy atom. The molecular weight excluding hydrogens is 393 g/mol. The fourth-order valence-corrected chi connectivity index (χ4v) is 3.07.